The molecule has 1 saturated heterocycles. The Hall–Kier alpha value is -4.44. The van der Waals surface area contributed by atoms with Crippen molar-refractivity contribution in [2.75, 3.05) is 29.9 Å². The molecule has 3 aromatic heterocycles. The molecule has 1 aromatic carbocycles. The maximum atomic E-state index is 12.8. The standard InChI is InChI=1S/C30H34N8O2/c1-4-21(3)40-30(39)25-19-31-16-17-38(25)23-10-8-22(9-11-23)18-28-32-14-12-26(36-28)35-27-13-15-33-29(37-27)24-7-5-6-20(2)34-24/h5-15,21,25,31H,4,16-19H2,1-3H3,(H,32,33,35,36,37)/t21-,25?/m1/s1. The van der Waals surface area contributed by atoms with Crippen LogP contribution >= 0.6 is 0 Å². The fourth-order valence-electron chi connectivity index (χ4n) is 4.48. The molecular formula is C30H34N8O2. The summed E-state index contributed by atoms with van der Waals surface area (Å²) in [6.45, 7) is 8.00. The van der Waals surface area contributed by atoms with Crippen molar-refractivity contribution >= 4 is 23.3 Å². The SMILES string of the molecule is CC[C@@H](C)OC(=O)C1CNCCN1c1ccc(Cc2nccc(Nc3ccnc(-c4cccc(C)n4)n3)n2)cc1. The number of piperazine rings is 1. The molecule has 2 atom stereocenters. The van der Waals surface area contributed by atoms with E-state index in [0.29, 0.717) is 36.3 Å². The monoisotopic (exact) mass is 538 g/mol. The van der Waals surface area contributed by atoms with Gasteiger partial charge < -0.3 is 20.3 Å². The minimum absolute atomic E-state index is 0.0922. The Morgan fingerprint density at radius 2 is 1.82 bits per heavy atom. The van der Waals surface area contributed by atoms with Crippen LogP contribution in [0.5, 0.6) is 0 Å². The van der Waals surface area contributed by atoms with Gasteiger partial charge in [-0.2, -0.15) is 0 Å². The lowest BCUT2D eigenvalue weighted by Gasteiger charge is -2.36. The lowest BCUT2D eigenvalue weighted by molar-refractivity contribution is -0.150. The topological polar surface area (TPSA) is 118 Å². The number of hydrogen-bond donors (Lipinski definition) is 2. The van der Waals surface area contributed by atoms with Gasteiger partial charge in [-0.25, -0.2) is 29.7 Å². The summed E-state index contributed by atoms with van der Waals surface area (Å²) < 4.78 is 5.63. The molecule has 1 unspecified atom stereocenters. The smallest absolute Gasteiger partial charge is 0.330 e. The van der Waals surface area contributed by atoms with Gasteiger partial charge >= 0.3 is 5.97 Å². The number of nitrogens with zero attached hydrogens (tertiary/aromatic N) is 6. The molecule has 206 valence electrons. The Morgan fingerprint density at radius 1 is 1.05 bits per heavy atom. The van der Waals surface area contributed by atoms with Crippen molar-refractivity contribution in [2.45, 2.75) is 45.8 Å². The molecule has 0 amide bonds. The summed E-state index contributed by atoms with van der Waals surface area (Å²) in [5, 5.41) is 6.56. The normalized spacial score (nSPS) is 15.9. The summed E-state index contributed by atoms with van der Waals surface area (Å²) in [6, 6.07) is 17.2. The Balaban J connectivity index is 1.25. The first-order valence-electron chi connectivity index (χ1n) is 13.6. The number of carbonyl (C=O) groups is 1. The highest BCUT2D eigenvalue weighted by molar-refractivity contribution is 5.81. The van der Waals surface area contributed by atoms with Gasteiger partial charge in [-0.3, -0.25) is 0 Å². The summed E-state index contributed by atoms with van der Waals surface area (Å²) in [4.78, 5) is 37.5. The van der Waals surface area contributed by atoms with Gasteiger partial charge in [-0.05, 0) is 62.2 Å². The number of pyridine rings is 1. The zero-order valence-electron chi connectivity index (χ0n) is 23.0. The van der Waals surface area contributed by atoms with Crippen LogP contribution in [0.15, 0.2) is 67.0 Å². The zero-order valence-corrected chi connectivity index (χ0v) is 23.0. The van der Waals surface area contributed by atoms with Gasteiger partial charge in [0.25, 0.3) is 0 Å². The summed E-state index contributed by atoms with van der Waals surface area (Å²) in [5.41, 5.74) is 3.69. The summed E-state index contributed by atoms with van der Waals surface area (Å²) in [6.07, 6.45) is 4.71. The highest BCUT2D eigenvalue weighted by Gasteiger charge is 2.31. The minimum Gasteiger partial charge on any atom is -0.461 e. The quantitative estimate of drug-likeness (QED) is 0.302. The Kier molecular flexibility index (Phi) is 8.56. The van der Waals surface area contributed by atoms with E-state index < -0.39 is 0 Å². The molecule has 10 nitrogen and oxygen atoms in total. The average molecular weight is 539 g/mol. The van der Waals surface area contributed by atoms with Crippen molar-refractivity contribution in [1.29, 1.82) is 0 Å². The fraction of sp³-hybridized carbons (Fsp3) is 0.333. The predicted molar refractivity (Wildman–Crippen MR) is 154 cm³/mol. The number of hydrogen-bond acceptors (Lipinski definition) is 10. The maximum absolute atomic E-state index is 12.8. The minimum atomic E-state index is -0.344. The third-order valence-corrected chi connectivity index (χ3v) is 6.77. The summed E-state index contributed by atoms with van der Waals surface area (Å²) >= 11 is 0. The number of ether oxygens (including phenoxy) is 1. The largest absolute Gasteiger partial charge is 0.461 e. The van der Waals surface area contributed by atoms with Crippen molar-refractivity contribution in [2.24, 2.45) is 0 Å². The molecule has 4 aromatic rings. The third-order valence-electron chi connectivity index (χ3n) is 6.77. The van der Waals surface area contributed by atoms with E-state index in [0.717, 1.165) is 42.1 Å². The molecule has 0 saturated carbocycles. The van der Waals surface area contributed by atoms with Gasteiger partial charge in [-0.1, -0.05) is 25.1 Å². The van der Waals surface area contributed by atoms with E-state index in [1.807, 2.05) is 57.2 Å². The van der Waals surface area contributed by atoms with Crippen LogP contribution in [0, 0.1) is 6.92 Å². The lowest BCUT2D eigenvalue weighted by atomic mass is 10.1. The maximum Gasteiger partial charge on any atom is 0.330 e. The number of rotatable bonds is 9. The van der Waals surface area contributed by atoms with Gasteiger partial charge in [0.15, 0.2) is 5.82 Å². The number of nitrogens with one attached hydrogen (secondary N) is 2. The summed E-state index contributed by atoms with van der Waals surface area (Å²) in [7, 11) is 0. The van der Waals surface area contributed by atoms with Crippen LogP contribution in [0.2, 0.25) is 0 Å². The number of aryl methyl sites for hydroxylation is 1. The first-order valence-corrected chi connectivity index (χ1v) is 13.6. The molecule has 0 aliphatic carbocycles. The Labute approximate surface area is 234 Å². The molecule has 0 radical (unpaired) electrons. The van der Waals surface area contributed by atoms with Gasteiger partial charge in [0.05, 0.1) is 6.10 Å². The van der Waals surface area contributed by atoms with Crippen molar-refractivity contribution in [3.63, 3.8) is 0 Å². The second kappa shape index (κ2) is 12.6. The molecule has 0 bridgehead atoms. The van der Waals surface area contributed by atoms with E-state index in [4.69, 9.17) is 4.74 Å². The molecule has 5 rings (SSSR count). The first-order chi connectivity index (χ1) is 19.5. The number of benzene rings is 1. The van der Waals surface area contributed by atoms with Crippen LogP contribution in [-0.2, 0) is 16.0 Å². The van der Waals surface area contributed by atoms with Crippen LogP contribution < -0.4 is 15.5 Å². The summed E-state index contributed by atoms with van der Waals surface area (Å²) in [5.74, 6) is 2.31. The van der Waals surface area contributed by atoms with E-state index >= 15 is 0 Å². The number of esters is 1. The molecule has 4 heterocycles. The van der Waals surface area contributed by atoms with Gasteiger partial charge in [0.2, 0.25) is 0 Å². The van der Waals surface area contributed by atoms with Crippen LogP contribution in [0.25, 0.3) is 11.5 Å². The van der Waals surface area contributed by atoms with Gasteiger partial charge in [0.1, 0.15) is 29.2 Å². The van der Waals surface area contributed by atoms with Gasteiger partial charge in [-0.15, -0.1) is 0 Å². The van der Waals surface area contributed by atoms with Crippen LogP contribution in [0.3, 0.4) is 0 Å². The average Bonchev–Trinajstić information content (AvgIpc) is 2.98. The molecule has 0 spiro atoms. The van der Waals surface area contributed by atoms with Gasteiger partial charge in [0, 0.05) is 49.8 Å². The van der Waals surface area contributed by atoms with E-state index in [2.05, 4.69) is 52.6 Å². The van der Waals surface area contributed by atoms with E-state index in [1.54, 1.807) is 18.5 Å². The molecule has 40 heavy (non-hydrogen) atoms. The van der Waals surface area contributed by atoms with Crippen LogP contribution in [0.4, 0.5) is 17.3 Å². The van der Waals surface area contributed by atoms with Crippen LogP contribution in [-0.4, -0.2) is 62.7 Å². The number of aromatic nitrogens is 5. The first kappa shape index (κ1) is 27.1. The van der Waals surface area contributed by atoms with Crippen molar-refractivity contribution in [3.05, 3.63) is 84.1 Å². The molecule has 10 heteroatoms. The molecule has 1 aliphatic rings. The van der Waals surface area contributed by atoms with Crippen molar-refractivity contribution in [3.8, 4) is 11.5 Å². The van der Waals surface area contributed by atoms with E-state index in [9.17, 15) is 4.79 Å². The molecule has 1 fully saturated rings. The van der Waals surface area contributed by atoms with E-state index in [1.165, 1.54) is 0 Å². The highest BCUT2D eigenvalue weighted by atomic mass is 16.5. The zero-order chi connectivity index (χ0) is 27.9. The highest BCUT2D eigenvalue weighted by Crippen LogP contribution is 2.22. The van der Waals surface area contributed by atoms with Crippen molar-refractivity contribution < 1.29 is 9.53 Å². The fourth-order valence-corrected chi connectivity index (χ4v) is 4.48. The van der Waals surface area contributed by atoms with Crippen molar-refractivity contribution in [1.82, 2.24) is 30.2 Å². The number of carbonyl (C=O) groups excluding carboxylic acids is 1. The van der Waals surface area contributed by atoms with Crippen LogP contribution in [0.1, 0.15) is 37.4 Å². The predicted octanol–water partition coefficient (Wildman–Crippen LogP) is 4.09. The molecule has 2 N–H and O–H groups in total. The molecule has 1 aliphatic heterocycles. The second-order valence-corrected chi connectivity index (χ2v) is 9.83. The Bertz CT molecular complexity index is 1450. The third kappa shape index (κ3) is 6.76. The van der Waals surface area contributed by atoms with E-state index in [-0.39, 0.29) is 18.1 Å². The number of anilines is 3. The molecular weight excluding hydrogens is 504 g/mol. The lowest BCUT2D eigenvalue weighted by Crippen LogP contribution is -2.56. The second-order valence-electron chi connectivity index (χ2n) is 9.83. The Morgan fingerprint density at radius 3 is 2.60 bits per heavy atom.